The first-order valence-corrected chi connectivity index (χ1v) is 9.89. The van der Waals surface area contributed by atoms with Crippen LogP contribution in [0.4, 0.5) is 0 Å². The summed E-state index contributed by atoms with van der Waals surface area (Å²) >= 11 is 6.07. The normalized spacial score (nSPS) is 15.0. The second kappa shape index (κ2) is 8.17. The molecule has 8 heteroatoms. The first-order chi connectivity index (χ1) is 14.9. The standard InChI is InChI=1S/C23H19ClN4O3/c1-13-20-21(15-4-6-16(24)7-5-15)19(12-25)22(26-14(2)29)31-23(20)28(27-13)17-8-10-18(30-3)11-9-17/h4-11,21H,1-3H3,(H,26,29). The van der Waals surface area contributed by atoms with E-state index in [0.717, 1.165) is 16.8 Å². The van der Waals surface area contributed by atoms with E-state index in [1.165, 1.54) is 6.92 Å². The predicted octanol–water partition coefficient (Wildman–Crippen LogP) is 4.24. The quantitative estimate of drug-likeness (QED) is 0.663. The minimum Gasteiger partial charge on any atom is -0.497 e. The number of aryl methyl sites for hydroxylation is 1. The molecule has 1 amide bonds. The van der Waals surface area contributed by atoms with Crippen LogP contribution in [0.1, 0.15) is 29.7 Å². The van der Waals surface area contributed by atoms with Crippen LogP contribution >= 0.6 is 11.6 Å². The lowest BCUT2D eigenvalue weighted by molar-refractivity contribution is -0.118. The van der Waals surface area contributed by atoms with Crippen LogP contribution in [-0.2, 0) is 4.79 Å². The zero-order valence-corrected chi connectivity index (χ0v) is 17.9. The number of nitrogens with one attached hydrogen (secondary N) is 1. The number of amides is 1. The average molecular weight is 435 g/mol. The van der Waals surface area contributed by atoms with E-state index < -0.39 is 5.92 Å². The minimum atomic E-state index is -0.472. The van der Waals surface area contributed by atoms with E-state index in [1.54, 1.807) is 23.9 Å². The molecule has 0 spiro atoms. The fourth-order valence-corrected chi connectivity index (χ4v) is 3.76. The van der Waals surface area contributed by atoms with Crippen LogP contribution in [0.25, 0.3) is 5.69 Å². The van der Waals surface area contributed by atoms with E-state index in [0.29, 0.717) is 27.9 Å². The molecule has 0 fully saturated rings. The van der Waals surface area contributed by atoms with Gasteiger partial charge in [-0.2, -0.15) is 10.4 Å². The summed E-state index contributed by atoms with van der Waals surface area (Å²) in [5.74, 6) is 0.433. The highest BCUT2D eigenvalue weighted by Crippen LogP contribution is 2.45. The number of halogens is 1. The number of hydrogen-bond donors (Lipinski definition) is 1. The smallest absolute Gasteiger partial charge is 0.229 e. The number of nitriles is 1. The van der Waals surface area contributed by atoms with E-state index >= 15 is 0 Å². The monoisotopic (exact) mass is 434 g/mol. The molecule has 0 radical (unpaired) electrons. The van der Waals surface area contributed by atoms with E-state index in [9.17, 15) is 10.1 Å². The molecule has 1 aliphatic heterocycles. The van der Waals surface area contributed by atoms with Gasteiger partial charge >= 0.3 is 0 Å². The van der Waals surface area contributed by atoms with Gasteiger partial charge in [-0.15, -0.1) is 0 Å². The molecule has 1 aromatic heterocycles. The number of methoxy groups -OCH3 is 1. The molecule has 7 nitrogen and oxygen atoms in total. The Labute approximate surface area is 184 Å². The summed E-state index contributed by atoms with van der Waals surface area (Å²) in [7, 11) is 1.60. The largest absolute Gasteiger partial charge is 0.497 e. The van der Waals surface area contributed by atoms with Gasteiger partial charge in [-0.3, -0.25) is 10.1 Å². The van der Waals surface area contributed by atoms with Crippen LogP contribution in [-0.4, -0.2) is 22.8 Å². The van der Waals surface area contributed by atoms with Gasteiger partial charge in [0.15, 0.2) is 0 Å². The summed E-state index contributed by atoms with van der Waals surface area (Å²) in [6.07, 6.45) is 0. The highest BCUT2D eigenvalue weighted by molar-refractivity contribution is 6.30. The van der Waals surface area contributed by atoms with Crippen LogP contribution in [0.5, 0.6) is 11.6 Å². The average Bonchev–Trinajstić information content (AvgIpc) is 3.09. The van der Waals surface area contributed by atoms with Gasteiger partial charge in [-0.05, 0) is 48.9 Å². The Bertz CT molecular complexity index is 1220. The van der Waals surface area contributed by atoms with Crippen molar-refractivity contribution in [3.05, 3.63) is 81.8 Å². The number of aromatic nitrogens is 2. The van der Waals surface area contributed by atoms with Crippen molar-refractivity contribution in [2.75, 3.05) is 7.11 Å². The molecule has 0 aliphatic carbocycles. The molecule has 1 N–H and O–H groups in total. The topological polar surface area (TPSA) is 89.2 Å². The van der Waals surface area contributed by atoms with Crippen molar-refractivity contribution >= 4 is 17.5 Å². The zero-order valence-electron chi connectivity index (χ0n) is 17.1. The molecule has 0 saturated carbocycles. The maximum absolute atomic E-state index is 11.8. The minimum absolute atomic E-state index is 0.0945. The van der Waals surface area contributed by atoms with Gasteiger partial charge < -0.3 is 9.47 Å². The molecule has 1 aliphatic rings. The van der Waals surface area contributed by atoms with E-state index in [1.807, 2.05) is 43.3 Å². The molecule has 1 atom stereocenters. The summed E-state index contributed by atoms with van der Waals surface area (Å²) in [5, 5.41) is 17.9. The number of hydrogen-bond acceptors (Lipinski definition) is 5. The molecule has 0 bridgehead atoms. The Morgan fingerprint density at radius 3 is 2.48 bits per heavy atom. The van der Waals surface area contributed by atoms with Gasteiger partial charge in [0.2, 0.25) is 17.7 Å². The van der Waals surface area contributed by atoms with Gasteiger partial charge in [0.05, 0.1) is 30.0 Å². The molecule has 156 valence electrons. The van der Waals surface area contributed by atoms with Gasteiger partial charge in [0, 0.05) is 11.9 Å². The van der Waals surface area contributed by atoms with Crippen LogP contribution in [0.15, 0.2) is 60.0 Å². The van der Waals surface area contributed by atoms with E-state index in [2.05, 4.69) is 16.5 Å². The second-order valence-corrected chi connectivity index (χ2v) is 7.47. The molecule has 31 heavy (non-hydrogen) atoms. The van der Waals surface area contributed by atoms with Crippen molar-refractivity contribution in [3.63, 3.8) is 0 Å². The molecular formula is C23H19ClN4O3. The van der Waals surface area contributed by atoms with Crippen molar-refractivity contribution in [2.45, 2.75) is 19.8 Å². The highest BCUT2D eigenvalue weighted by atomic mass is 35.5. The van der Waals surface area contributed by atoms with Gasteiger partial charge in [0.25, 0.3) is 0 Å². The third kappa shape index (κ3) is 3.74. The van der Waals surface area contributed by atoms with Gasteiger partial charge in [-0.25, -0.2) is 4.68 Å². The van der Waals surface area contributed by atoms with Crippen molar-refractivity contribution < 1.29 is 14.3 Å². The fourth-order valence-electron chi connectivity index (χ4n) is 3.63. The third-order valence-corrected chi connectivity index (χ3v) is 5.27. The van der Waals surface area contributed by atoms with Crippen molar-refractivity contribution in [1.82, 2.24) is 15.1 Å². The molecule has 2 heterocycles. The van der Waals surface area contributed by atoms with E-state index in [-0.39, 0.29) is 11.8 Å². The van der Waals surface area contributed by atoms with Crippen molar-refractivity contribution in [3.8, 4) is 23.4 Å². The molecule has 0 saturated heterocycles. The molecule has 3 aromatic rings. The second-order valence-electron chi connectivity index (χ2n) is 7.04. The Kier molecular flexibility index (Phi) is 5.40. The number of nitrogens with zero attached hydrogens (tertiary/aromatic N) is 3. The van der Waals surface area contributed by atoms with Crippen LogP contribution in [0.3, 0.4) is 0 Å². The SMILES string of the molecule is COc1ccc(-n2nc(C)c3c2OC(NC(C)=O)=C(C#N)C3c2ccc(Cl)cc2)cc1. The number of carbonyl (C=O) groups is 1. The Morgan fingerprint density at radius 2 is 1.90 bits per heavy atom. The number of benzene rings is 2. The Morgan fingerprint density at radius 1 is 1.23 bits per heavy atom. The highest BCUT2D eigenvalue weighted by Gasteiger charge is 2.37. The summed E-state index contributed by atoms with van der Waals surface area (Å²) in [6.45, 7) is 3.23. The molecule has 2 aromatic carbocycles. The maximum atomic E-state index is 11.8. The summed E-state index contributed by atoms with van der Waals surface area (Å²) in [6, 6.07) is 16.8. The number of allylic oxidation sites excluding steroid dienone is 1. The predicted molar refractivity (Wildman–Crippen MR) is 115 cm³/mol. The lowest BCUT2D eigenvalue weighted by Crippen LogP contribution is -2.29. The van der Waals surface area contributed by atoms with Gasteiger partial charge in [-0.1, -0.05) is 23.7 Å². The van der Waals surface area contributed by atoms with Gasteiger partial charge in [0.1, 0.15) is 17.4 Å². The van der Waals surface area contributed by atoms with Crippen LogP contribution < -0.4 is 14.8 Å². The van der Waals surface area contributed by atoms with Crippen molar-refractivity contribution in [2.24, 2.45) is 0 Å². The molecule has 1 unspecified atom stereocenters. The lowest BCUT2D eigenvalue weighted by atomic mass is 9.84. The molecule has 4 rings (SSSR count). The number of carbonyl (C=O) groups excluding carboxylic acids is 1. The summed E-state index contributed by atoms with van der Waals surface area (Å²) in [5.41, 5.74) is 3.35. The summed E-state index contributed by atoms with van der Waals surface area (Å²) < 4.78 is 12.9. The molecular weight excluding hydrogens is 416 g/mol. The number of ether oxygens (including phenoxy) is 2. The number of fused-ring (bicyclic) bond motifs is 1. The Hall–Kier alpha value is -3.76. The third-order valence-electron chi connectivity index (χ3n) is 5.01. The zero-order chi connectivity index (χ0) is 22.1. The summed E-state index contributed by atoms with van der Waals surface area (Å²) in [4.78, 5) is 11.8. The Balaban J connectivity index is 1.93. The maximum Gasteiger partial charge on any atom is 0.229 e. The van der Waals surface area contributed by atoms with Crippen LogP contribution in [0, 0.1) is 18.3 Å². The van der Waals surface area contributed by atoms with E-state index in [4.69, 9.17) is 21.1 Å². The van der Waals surface area contributed by atoms with Crippen molar-refractivity contribution in [1.29, 1.82) is 5.26 Å². The van der Waals surface area contributed by atoms with Crippen LogP contribution in [0.2, 0.25) is 5.02 Å². The number of rotatable bonds is 4. The fraction of sp³-hybridized carbons (Fsp3) is 0.174. The lowest BCUT2D eigenvalue weighted by Gasteiger charge is -2.26. The first-order valence-electron chi connectivity index (χ1n) is 9.52. The first kappa shape index (κ1) is 20.5.